The summed E-state index contributed by atoms with van der Waals surface area (Å²) in [6.07, 6.45) is 1.67. The number of aryl methyl sites for hydroxylation is 2. The molecule has 180 valence electrons. The highest BCUT2D eigenvalue weighted by atomic mass is 16.5. The number of hydrogen-bond donors (Lipinski definition) is 2. The molecule has 9 nitrogen and oxygen atoms in total. The summed E-state index contributed by atoms with van der Waals surface area (Å²) in [4.78, 5) is 33.7. The van der Waals surface area contributed by atoms with Gasteiger partial charge in [-0.3, -0.25) is 28.9 Å². The van der Waals surface area contributed by atoms with E-state index in [-0.39, 0.29) is 27.9 Å². The van der Waals surface area contributed by atoms with Crippen molar-refractivity contribution < 1.29 is 9.53 Å². The molecule has 4 heterocycles. The predicted molar refractivity (Wildman–Crippen MR) is 133 cm³/mol. The number of carbonyl (C=O) groups is 1. The number of aromatic nitrogens is 3. The third-order valence-electron chi connectivity index (χ3n) is 6.40. The van der Waals surface area contributed by atoms with E-state index in [0.717, 1.165) is 24.2 Å². The van der Waals surface area contributed by atoms with Gasteiger partial charge in [0.25, 0.3) is 11.5 Å². The van der Waals surface area contributed by atoms with Crippen LogP contribution in [0.25, 0.3) is 22.4 Å². The third-order valence-corrected chi connectivity index (χ3v) is 6.40. The number of ether oxygens (including phenoxy) is 1. The van der Waals surface area contributed by atoms with E-state index in [1.54, 1.807) is 16.8 Å². The van der Waals surface area contributed by atoms with Crippen LogP contribution in [0.2, 0.25) is 0 Å². The molecule has 1 aliphatic rings. The molecule has 1 fully saturated rings. The molecule has 0 aliphatic carbocycles. The number of fused-ring (bicyclic) bond motifs is 2. The van der Waals surface area contributed by atoms with Crippen molar-refractivity contribution in [1.82, 2.24) is 24.2 Å². The smallest absolute Gasteiger partial charge is 0.267 e. The van der Waals surface area contributed by atoms with E-state index in [1.165, 1.54) is 10.5 Å². The minimum atomic E-state index is -0.389. The Labute approximate surface area is 202 Å². The van der Waals surface area contributed by atoms with Crippen LogP contribution in [0.5, 0.6) is 0 Å². The normalized spacial score (nSPS) is 14.5. The van der Waals surface area contributed by atoms with E-state index < -0.39 is 0 Å². The van der Waals surface area contributed by atoms with E-state index >= 15 is 0 Å². The van der Waals surface area contributed by atoms with E-state index in [2.05, 4.69) is 10.2 Å². The van der Waals surface area contributed by atoms with Gasteiger partial charge in [-0.1, -0.05) is 23.8 Å². The van der Waals surface area contributed by atoms with Crippen LogP contribution in [0.1, 0.15) is 21.5 Å². The fourth-order valence-corrected chi connectivity index (χ4v) is 4.40. The number of carbonyl (C=O) groups excluding carboxylic acids is 1. The number of benzene rings is 1. The van der Waals surface area contributed by atoms with E-state index in [4.69, 9.17) is 15.1 Å². The lowest BCUT2D eigenvalue weighted by Crippen LogP contribution is -2.42. The van der Waals surface area contributed by atoms with Crippen molar-refractivity contribution >= 4 is 22.6 Å². The van der Waals surface area contributed by atoms with Gasteiger partial charge in [0, 0.05) is 38.1 Å². The molecule has 1 aliphatic heterocycles. The van der Waals surface area contributed by atoms with Crippen LogP contribution < -0.4 is 16.4 Å². The zero-order valence-electron chi connectivity index (χ0n) is 19.9. The van der Waals surface area contributed by atoms with Gasteiger partial charge in [-0.25, -0.2) is 4.98 Å². The molecular weight excluding hydrogens is 444 g/mol. The van der Waals surface area contributed by atoms with Crippen LogP contribution >= 0.6 is 0 Å². The van der Waals surface area contributed by atoms with Crippen molar-refractivity contribution in [3.63, 3.8) is 0 Å². The van der Waals surface area contributed by atoms with Crippen LogP contribution in [-0.4, -0.2) is 64.2 Å². The second-order valence-corrected chi connectivity index (χ2v) is 8.83. The Morgan fingerprint density at radius 3 is 2.60 bits per heavy atom. The van der Waals surface area contributed by atoms with E-state index in [0.29, 0.717) is 43.3 Å². The summed E-state index contributed by atoms with van der Waals surface area (Å²) in [5.41, 5.74) is 3.28. The number of morpholine rings is 1. The fraction of sp³-hybridized carbons (Fsp3) is 0.308. The van der Waals surface area contributed by atoms with Crippen molar-refractivity contribution in [1.29, 1.82) is 5.41 Å². The molecule has 0 bridgehead atoms. The van der Waals surface area contributed by atoms with Gasteiger partial charge in [0.1, 0.15) is 11.1 Å². The number of nitrogens with one attached hydrogen (secondary N) is 2. The predicted octanol–water partition coefficient (Wildman–Crippen LogP) is 1.80. The molecule has 0 saturated carbocycles. The van der Waals surface area contributed by atoms with Crippen LogP contribution in [0.4, 0.5) is 0 Å². The molecule has 0 atom stereocenters. The van der Waals surface area contributed by atoms with Crippen molar-refractivity contribution in [2.24, 2.45) is 0 Å². The van der Waals surface area contributed by atoms with Gasteiger partial charge in [-0.05, 0) is 43.7 Å². The Morgan fingerprint density at radius 1 is 1.11 bits per heavy atom. The summed E-state index contributed by atoms with van der Waals surface area (Å²) in [7, 11) is 0. The Bertz CT molecular complexity index is 1530. The summed E-state index contributed by atoms with van der Waals surface area (Å²) < 4.78 is 8.44. The van der Waals surface area contributed by atoms with Crippen molar-refractivity contribution in [3.05, 3.63) is 81.2 Å². The lowest BCUT2D eigenvalue weighted by Gasteiger charge is -2.26. The van der Waals surface area contributed by atoms with E-state index in [9.17, 15) is 9.59 Å². The first kappa shape index (κ1) is 22.9. The van der Waals surface area contributed by atoms with Crippen molar-refractivity contribution in [2.45, 2.75) is 13.8 Å². The second kappa shape index (κ2) is 9.44. The standard InChI is InChI=1S/C26H28N6O3/c1-17-5-7-19(8-6-17)32-22(27)20(25(33)28-9-11-30-12-14-35-15-13-30)16-21-24(32)29-23-18(2)4-3-10-31(23)26(21)34/h3-8,10,16,27H,9,11-15H2,1-2H3,(H,28,33). The van der Waals surface area contributed by atoms with Crippen molar-refractivity contribution in [2.75, 3.05) is 39.4 Å². The highest BCUT2D eigenvalue weighted by molar-refractivity contribution is 5.97. The summed E-state index contributed by atoms with van der Waals surface area (Å²) in [6.45, 7) is 8.05. The largest absolute Gasteiger partial charge is 0.379 e. The molecule has 1 amide bonds. The van der Waals surface area contributed by atoms with Crippen LogP contribution in [0.3, 0.4) is 0 Å². The van der Waals surface area contributed by atoms with Gasteiger partial charge in [0.05, 0.1) is 24.2 Å². The summed E-state index contributed by atoms with van der Waals surface area (Å²) in [5.74, 6) is -0.389. The Kier molecular flexibility index (Phi) is 6.19. The Balaban J connectivity index is 1.63. The van der Waals surface area contributed by atoms with E-state index in [1.807, 2.05) is 44.2 Å². The Morgan fingerprint density at radius 2 is 1.86 bits per heavy atom. The first-order valence-electron chi connectivity index (χ1n) is 11.7. The molecule has 3 aromatic heterocycles. The third kappa shape index (κ3) is 4.36. The molecule has 9 heteroatoms. The monoisotopic (exact) mass is 472 g/mol. The summed E-state index contributed by atoms with van der Waals surface area (Å²) in [6, 6.07) is 12.8. The molecule has 4 aromatic rings. The number of hydrogen-bond acceptors (Lipinski definition) is 6. The maximum atomic E-state index is 13.5. The molecule has 0 spiro atoms. The molecule has 1 aromatic carbocycles. The van der Waals surface area contributed by atoms with Crippen LogP contribution in [0, 0.1) is 19.3 Å². The zero-order chi connectivity index (χ0) is 24.5. The second-order valence-electron chi connectivity index (χ2n) is 8.83. The quantitative estimate of drug-likeness (QED) is 0.431. The highest BCUT2D eigenvalue weighted by Crippen LogP contribution is 2.17. The van der Waals surface area contributed by atoms with Crippen molar-refractivity contribution in [3.8, 4) is 5.69 Å². The first-order chi connectivity index (χ1) is 16.9. The summed E-state index contributed by atoms with van der Waals surface area (Å²) in [5, 5.41) is 12.1. The van der Waals surface area contributed by atoms with Gasteiger partial charge >= 0.3 is 0 Å². The highest BCUT2D eigenvalue weighted by Gasteiger charge is 2.19. The average molecular weight is 473 g/mol. The van der Waals surface area contributed by atoms with Gasteiger partial charge in [-0.15, -0.1) is 0 Å². The summed E-state index contributed by atoms with van der Waals surface area (Å²) >= 11 is 0. The topological polar surface area (TPSA) is 105 Å². The van der Waals surface area contributed by atoms with Gasteiger partial charge in [0.2, 0.25) is 0 Å². The number of amides is 1. The maximum absolute atomic E-state index is 13.5. The molecule has 0 unspecified atom stereocenters. The lowest BCUT2D eigenvalue weighted by atomic mass is 10.1. The molecule has 35 heavy (non-hydrogen) atoms. The van der Waals surface area contributed by atoms with Gasteiger partial charge in [0.15, 0.2) is 5.65 Å². The number of pyridine rings is 2. The minimum absolute atomic E-state index is 0.0185. The average Bonchev–Trinajstić information content (AvgIpc) is 2.86. The van der Waals surface area contributed by atoms with Gasteiger partial charge in [-0.2, -0.15) is 0 Å². The molecular formula is C26H28N6O3. The lowest BCUT2D eigenvalue weighted by molar-refractivity contribution is 0.0383. The fourth-order valence-electron chi connectivity index (χ4n) is 4.40. The Hall–Kier alpha value is -3.82. The number of rotatable bonds is 5. The van der Waals surface area contributed by atoms with Gasteiger partial charge < -0.3 is 10.1 Å². The molecule has 0 radical (unpaired) electrons. The number of nitrogens with zero attached hydrogens (tertiary/aromatic N) is 4. The minimum Gasteiger partial charge on any atom is -0.379 e. The maximum Gasteiger partial charge on any atom is 0.267 e. The SMILES string of the molecule is Cc1ccc(-n2c(=N)c(C(=O)NCCN3CCOCC3)cc3c(=O)n4cccc(C)c4nc32)cc1. The zero-order valence-corrected chi connectivity index (χ0v) is 19.9. The van der Waals surface area contributed by atoms with Crippen LogP contribution in [-0.2, 0) is 4.74 Å². The molecule has 1 saturated heterocycles. The molecule has 2 N–H and O–H groups in total. The molecule has 5 rings (SSSR count). The van der Waals surface area contributed by atoms with Crippen LogP contribution in [0.15, 0.2) is 53.5 Å². The first-order valence-corrected chi connectivity index (χ1v) is 11.7.